The number of hydrogen-bond acceptors (Lipinski definition) is 4. The highest BCUT2D eigenvalue weighted by atomic mass is 19.1. The van der Waals surface area contributed by atoms with Crippen molar-refractivity contribution in [1.29, 1.82) is 0 Å². The van der Waals surface area contributed by atoms with E-state index in [-0.39, 0.29) is 11.6 Å². The van der Waals surface area contributed by atoms with Crippen LogP contribution in [0.2, 0.25) is 0 Å². The van der Waals surface area contributed by atoms with Crippen LogP contribution in [-0.2, 0) is 0 Å². The zero-order valence-electron chi connectivity index (χ0n) is 30.1. The molecular formula is C50H34F2N2O2. The third-order valence-corrected chi connectivity index (χ3v) is 10.6. The number of nitrogens with zero attached hydrogens (tertiary/aromatic N) is 2. The van der Waals surface area contributed by atoms with Crippen LogP contribution in [-0.4, -0.2) is 0 Å². The van der Waals surface area contributed by atoms with Gasteiger partial charge in [0.25, 0.3) is 0 Å². The first-order valence-electron chi connectivity index (χ1n) is 18.6. The molecule has 0 saturated heterocycles. The number of ether oxygens (including phenoxy) is 2. The lowest BCUT2D eigenvalue weighted by molar-refractivity contribution is 0.433. The van der Waals surface area contributed by atoms with Crippen molar-refractivity contribution in [3.05, 3.63) is 228 Å². The number of halogens is 2. The van der Waals surface area contributed by atoms with Crippen LogP contribution >= 0.6 is 0 Å². The van der Waals surface area contributed by atoms with Gasteiger partial charge in [0.15, 0.2) is 0 Å². The Kier molecular flexibility index (Phi) is 8.29. The highest BCUT2D eigenvalue weighted by Gasteiger charge is 2.37. The van der Waals surface area contributed by atoms with Gasteiger partial charge in [-0.3, -0.25) is 0 Å². The minimum absolute atomic E-state index is 0.320. The topological polar surface area (TPSA) is 24.9 Å². The molecule has 0 amide bonds. The standard InChI is InChI=1S/C50H34F2N2O2/c51-41-19-11-23-45-47(41)49(39-17-7-9-21-43(39)55-45)53(35-13-3-1-4-14-35)37-29-25-33(26-30-37)34-27-31-38(32-28-34)54(36-15-5-2-6-16-36)50-40-18-8-10-22-44(40)56-46-24-12-20-42(52)48(46)50/h1-32,49-50H. The summed E-state index contributed by atoms with van der Waals surface area (Å²) in [5, 5.41) is 0. The molecule has 0 aliphatic carbocycles. The summed E-state index contributed by atoms with van der Waals surface area (Å²) in [5.74, 6) is 1.78. The molecule has 10 rings (SSSR count). The molecule has 56 heavy (non-hydrogen) atoms. The van der Waals surface area contributed by atoms with E-state index < -0.39 is 12.1 Å². The SMILES string of the molecule is Fc1cccc2c1C(N(c1ccccc1)c1ccc(-c3ccc(N(c4ccccc4)C4c5ccccc5Oc5cccc(F)c54)cc3)cc1)c1ccccc1O2. The fraction of sp³-hybridized carbons (Fsp3) is 0.0400. The first kappa shape index (κ1) is 33.4. The molecule has 8 aromatic rings. The molecule has 270 valence electrons. The summed E-state index contributed by atoms with van der Waals surface area (Å²) < 4.78 is 44.1. The maximum absolute atomic E-state index is 15.8. The zero-order chi connectivity index (χ0) is 37.6. The van der Waals surface area contributed by atoms with Gasteiger partial charge in [-0.05, 0) is 96.1 Å². The Morgan fingerprint density at radius 3 is 1.07 bits per heavy atom. The molecule has 0 spiro atoms. The molecule has 0 N–H and O–H groups in total. The molecule has 8 aromatic carbocycles. The van der Waals surface area contributed by atoms with Gasteiger partial charge in [0, 0.05) is 33.9 Å². The van der Waals surface area contributed by atoms with Crippen LogP contribution in [0.25, 0.3) is 11.1 Å². The van der Waals surface area contributed by atoms with Crippen LogP contribution < -0.4 is 19.3 Å². The van der Waals surface area contributed by atoms with E-state index in [1.165, 1.54) is 12.1 Å². The van der Waals surface area contributed by atoms with E-state index in [1.807, 2.05) is 121 Å². The normalized spacial score (nSPS) is 14.9. The van der Waals surface area contributed by atoms with Crippen LogP contribution in [0, 0.1) is 11.6 Å². The number of hydrogen-bond donors (Lipinski definition) is 0. The Morgan fingerprint density at radius 1 is 0.321 bits per heavy atom. The zero-order valence-corrected chi connectivity index (χ0v) is 30.1. The van der Waals surface area contributed by atoms with Crippen molar-refractivity contribution in [2.24, 2.45) is 0 Å². The third kappa shape index (κ3) is 5.74. The second-order valence-corrected chi connectivity index (χ2v) is 13.9. The van der Waals surface area contributed by atoms with Crippen molar-refractivity contribution >= 4 is 22.7 Å². The maximum Gasteiger partial charge on any atom is 0.136 e. The Bertz CT molecular complexity index is 2500. The molecule has 0 saturated carbocycles. The van der Waals surface area contributed by atoms with E-state index in [0.717, 1.165) is 45.0 Å². The predicted molar refractivity (Wildman–Crippen MR) is 219 cm³/mol. The number of fused-ring (bicyclic) bond motifs is 4. The fourth-order valence-electron chi connectivity index (χ4n) is 8.13. The summed E-state index contributed by atoms with van der Waals surface area (Å²) in [7, 11) is 0. The summed E-state index contributed by atoms with van der Waals surface area (Å²) in [6.07, 6.45) is 0. The van der Waals surface area contributed by atoms with E-state index in [0.29, 0.717) is 34.1 Å². The van der Waals surface area contributed by atoms with Crippen LogP contribution in [0.1, 0.15) is 34.3 Å². The molecule has 2 unspecified atom stereocenters. The number of rotatable bonds is 7. The second-order valence-electron chi connectivity index (χ2n) is 13.9. The van der Waals surface area contributed by atoms with Crippen LogP contribution in [0.15, 0.2) is 194 Å². The lowest BCUT2D eigenvalue weighted by atomic mass is 9.91. The number of para-hydroxylation sites is 4. The van der Waals surface area contributed by atoms with Crippen molar-refractivity contribution in [1.82, 2.24) is 0 Å². The van der Waals surface area contributed by atoms with Gasteiger partial charge in [0.2, 0.25) is 0 Å². The van der Waals surface area contributed by atoms with Gasteiger partial charge in [-0.1, -0.05) is 109 Å². The van der Waals surface area contributed by atoms with Gasteiger partial charge >= 0.3 is 0 Å². The average Bonchev–Trinajstić information content (AvgIpc) is 3.25. The quantitative estimate of drug-likeness (QED) is 0.163. The Balaban J connectivity index is 1.04. The Hall–Kier alpha value is -7.18. The number of anilines is 4. The highest BCUT2D eigenvalue weighted by Crippen LogP contribution is 2.52. The average molecular weight is 733 g/mol. The van der Waals surface area contributed by atoms with Crippen LogP contribution in [0.5, 0.6) is 23.0 Å². The fourth-order valence-corrected chi connectivity index (χ4v) is 8.13. The van der Waals surface area contributed by atoms with E-state index in [4.69, 9.17) is 9.47 Å². The van der Waals surface area contributed by atoms with E-state index in [9.17, 15) is 0 Å². The van der Waals surface area contributed by atoms with Gasteiger partial charge in [0.1, 0.15) is 34.6 Å². The minimum atomic E-state index is -0.474. The number of benzene rings is 8. The molecule has 0 aromatic heterocycles. The van der Waals surface area contributed by atoms with Crippen molar-refractivity contribution in [3.8, 4) is 34.1 Å². The van der Waals surface area contributed by atoms with E-state index in [2.05, 4.69) is 58.3 Å². The molecule has 2 aliphatic rings. The third-order valence-electron chi connectivity index (χ3n) is 10.6. The van der Waals surface area contributed by atoms with Gasteiger partial charge in [-0.15, -0.1) is 0 Å². The summed E-state index contributed by atoms with van der Waals surface area (Å²) in [4.78, 5) is 4.35. The predicted octanol–water partition coefficient (Wildman–Crippen LogP) is 13.7. The summed E-state index contributed by atoms with van der Waals surface area (Å²) in [5.41, 5.74) is 8.45. The lowest BCUT2D eigenvalue weighted by Crippen LogP contribution is -2.28. The second kappa shape index (κ2) is 13.9. The van der Waals surface area contributed by atoms with Crippen LogP contribution in [0.4, 0.5) is 31.5 Å². The largest absolute Gasteiger partial charge is 0.456 e. The summed E-state index contributed by atoms with van der Waals surface area (Å²) >= 11 is 0. The van der Waals surface area contributed by atoms with Crippen molar-refractivity contribution in [3.63, 3.8) is 0 Å². The highest BCUT2D eigenvalue weighted by molar-refractivity contribution is 5.76. The molecule has 4 nitrogen and oxygen atoms in total. The van der Waals surface area contributed by atoms with Crippen molar-refractivity contribution in [2.45, 2.75) is 12.1 Å². The van der Waals surface area contributed by atoms with Gasteiger partial charge in [0.05, 0.1) is 23.2 Å². The molecule has 6 heteroatoms. The lowest BCUT2D eigenvalue weighted by Gasteiger charge is -2.38. The molecular weight excluding hydrogens is 699 g/mol. The van der Waals surface area contributed by atoms with Gasteiger partial charge in [-0.25, -0.2) is 8.78 Å². The Morgan fingerprint density at radius 2 is 0.661 bits per heavy atom. The summed E-state index contributed by atoms with van der Waals surface area (Å²) in [6, 6.07) is 61.6. The molecule has 2 atom stereocenters. The molecule has 0 fully saturated rings. The first-order valence-corrected chi connectivity index (χ1v) is 18.6. The molecule has 0 bridgehead atoms. The van der Waals surface area contributed by atoms with Gasteiger partial charge < -0.3 is 19.3 Å². The smallest absolute Gasteiger partial charge is 0.136 e. The summed E-state index contributed by atoms with van der Waals surface area (Å²) in [6.45, 7) is 0. The van der Waals surface area contributed by atoms with Crippen LogP contribution in [0.3, 0.4) is 0 Å². The Labute approximate surface area is 324 Å². The molecule has 2 heterocycles. The minimum Gasteiger partial charge on any atom is -0.456 e. The van der Waals surface area contributed by atoms with Crippen molar-refractivity contribution in [2.75, 3.05) is 9.80 Å². The molecule has 2 aliphatic heterocycles. The van der Waals surface area contributed by atoms with Gasteiger partial charge in [-0.2, -0.15) is 0 Å². The van der Waals surface area contributed by atoms with E-state index in [1.54, 1.807) is 12.1 Å². The van der Waals surface area contributed by atoms with E-state index >= 15 is 8.78 Å². The van der Waals surface area contributed by atoms with Crippen molar-refractivity contribution < 1.29 is 18.3 Å². The first-order chi connectivity index (χ1) is 27.6. The maximum atomic E-state index is 15.8. The molecule has 0 radical (unpaired) electrons. The monoisotopic (exact) mass is 732 g/mol.